The largest absolute Gasteiger partial charge is 0.303 e. The molecular weight excluding hydrogens is 532 g/mol. The van der Waals surface area contributed by atoms with Crippen molar-refractivity contribution in [1.82, 2.24) is 28.7 Å². The number of hydrogen-bond acceptors (Lipinski definition) is 6. The maximum Gasteiger partial charge on any atom is 0.284 e. The van der Waals surface area contributed by atoms with Gasteiger partial charge in [-0.05, 0) is 80.7 Å². The third-order valence-corrected chi connectivity index (χ3v) is 9.19. The molecule has 0 spiro atoms. The van der Waals surface area contributed by atoms with Gasteiger partial charge in [-0.3, -0.25) is 0 Å². The summed E-state index contributed by atoms with van der Waals surface area (Å²) in [5, 5.41) is 9.00. The standard InChI is InChI=1S/C29H29ClN6O2S/c30-25-8-1-2-10-27(25)39(37,38)35-21-24(20-31-35)26-9-5-11-29-32-28(33-36(26)29)19-23-14-12-22(13-15-23)7-6-18-34-16-3-4-17-34/h1-2,5,8-15,20-21H,3-4,6-7,16-19H2. The topological polar surface area (TPSA) is 85.4 Å². The van der Waals surface area contributed by atoms with E-state index in [0.717, 1.165) is 16.1 Å². The number of benzene rings is 2. The first-order chi connectivity index (χ1) is 19.0. The lowest BCUT2D eigenvalue weighted by Crippen LogP contribution is -2.20. The average molecular weight is 561 g/mol. The van der Waals surface area contributed by atoms with Gasteiger partial charge in [-0.25, -0.2) is 9.50 Å². The molecule has 0 aliphatic carbocycles. The van der Waals surface area contributed by atoms with Crippen LogP contribution in [0.2, 0.25) is 5.02 Å². The molecule has 10 heteroatoms. The number of likely N-dealkylation sites (tertiary alicyclic amines) is 1. The minimum atomic E-state index is -3.93. The van der Waals surface area contributed by atoms with Gasteiger partial charge in [-0.15, -0.1) is 0 Å². The molecule has 0 amide bonds. The highest BCUT2D eigenvalue weighted by Gasteiger charge is 2.22. The molecule has 200 valence electrons. The fourth-order valence-electron chi connectivity index (χ4n) is 5.09. The number of fused-ring (bicyclic) bond motifs is 1. The Morgan fingerprint density at radius 2 is 1.67 bits per heavy atom. The smallest absolute Gasteiger partial charge is 0.284 e. The summed E-state index contributed by atoms with van der Waals surface area (Å²) in [6, 6.07) is 20.7. The molecule has 8 nitrogen and oxygen atoms in total. The molecule has 1 aliphatic heterocycles. The Morgan fingerprint density at radius 3 is 2.46 bits per heavy atom. The Labute approximate surface area is 232 Å². The molecule has 4 heterocycles. The first kappa shape index (κ1) is 25.7. The molecule has 6 rings (SSSR count). The summed E-state index contributed by atoms with van der Waals surface area (Å²) in [4.78, 5) is 7.26. The second-order valence-electron chi connectivity index (χ2n) is 9.89. The monoisotopic (exact) mass is 560 g/mol. The Bertz CT molecular complexity index is 1710. The predicted octanol–water partition coefficient (Wildman–Crippen LogP) is 5.10. The Morgan fingerprint density at radius 1 is 0.897 bits per heavy atom. The predicted molar refractivity (Wildman–Crippen MR) is 151 cm³/mol. The van der Waals surface area contributed by atoms with Gasteiger partial charge in [0.25, 0.3) is 10.0 Å². The molecule has 1 fully saturated rings. The van der Waals surface area contributed by atoms with Crippen molar-refractivity contribution in [2.24, 2.45) is 0 Å². The third-order valence-electron chi connectivity index (χ3n) is 7.14. The molecule has 0 bridgehead atoms. The first-order valence-electron chi connectivity index (χ1n) is 13.2. The van der Waals surface area contributed by atoms with Crippen molar-refractivity contribution in [2.75, 3.05) is 19.6 Å². The Kier molecular flexibility index (Phi) is 7.20. The van der Waals surface area contributed by atoms with Gasteiger partial charge in [0.05, 0.1) is 23.1 Å². The third kappa shape index (κ3) is 5.48. The fraction of sp³-hybridized carbons (Fsp3) is 0.276. The quantitative estimate of drug-likeness (QED) is 0.249. The van der Waals surface area contributed by atoms with Crippen LogP contribution in [0.25, 0.3) is 16.9 Å². The summed E-state index contributed by atoms with van der Waals surface area (Å²) in [7, 11) is -3.93. The van der Waals surface area contributed by atoms with E-state index >= 15 is 0 Å². The van der Waals surface area contributed by atoms with Crippen molar-refractivity contribution in [3.05, 3.63) is 101 Å². The number of pyridine rings is 1. The molecular formula is C29H29ClN6O2S. The van der Waals surface area contributed by atoms with E-state index in [1.807, 2.05) is 18.2 Å². The second-order valence-corrected chi connectivity index (χ2v) is 12.1. The fourth-order valence-corrected chi connectivity index (χ4v) is 6.70. The van der Waals surface area contributed by atoms with Crippen LogP contribution >= 0.6 is 11.6 Å². The van der Waals surface area contributed by atoms with E-state index in [-0.39, 0.29) is 9.92 Å². The maximum absolute atomic E-state index is 13.1. The number of aryl methyl sites for hydroxylation is 1. The van der Waals surface area contributed by atoms with E-state index in [9.17, 15) is 8.42 Å². The van der Waals surface area contributed by atoms with Crippen LogP contribution in [0.5, 0.6) is 0 Å². The van der Waals surface area contributed by atoms with Crippen molar-refractivity contribution in [3.63, 3.8) is 0 Å². The molecule has 1 aliphatic rings. The maximum atomic E-state index is 13.1. The van der Waals surface area contributed by atoms with Gasteiger partial charge in [0, 0.05) is 12.0 Å². The Balaban J connectivity index is 1.18. The van der Waals surface area contributed by atoms with E-state index in [4.69, 9.17) is 21.7 Å². The van der Waals surface area contributed by atoms with E-state index in [1.165, 1.54) is 62.9 Å². The van der Waals surface area contributed by atoms with E-state index < -0.39 is 10.0 Å². The number of halogens is 1. The lowest BCUT2D eigenvalue weighted by atomic mass is 10.1. The first-order valence-corrected chi connectivity index (χ1v) is 15.0. The molecule has 0 N–H and O–H groups in total. The molecule has 39 heavy (non-hydrogen) atoms. The van der Waals surface area contributed by atoms with Crippen molar-refractivity contribution in [2.45, 2.75) is 37.0 Å². The molecule has 2 aromatic carbocycles. The number of rotatable bonds is 9. The van der Waals surface area contributed by atoms with Crippen molar-refractivity contribution >= 4 is 27.3 Å². The molecule has 0 radical (unpaired) electrons. The van der Waals surface area contributed by atoms with Crippen molar-refractivity contribution in [1.29, 1.82) is 0 Å². The zero-order valence-corrected chi connectivity index (χ0v) is 23.0. The van der Waals surface area contributed by atoms with E-state index in [1.54, 1.807) is 22.7 Å². The van der Waals surface area contributed by atoms with Crippen LogP contribution in [-0.4, -0.2) is 56.7 Å². The summed E-state index contributed by atoms with van der Waals surface area (Å²) in [5.41, 5.74) is 4.48. The van der Waals surface area contributed by atoms with Gasteiger partial charge < -0.3 is 4.90 Å². The number of aromatic nitrogens is 5. The van der Waals surface area contributed by atoms with Crippen LogP contribution < -0.4 is 0 Å². The molecule has 5 aromatic rings. The average Bonchev–Trinajstić information content (AvgIpc) is 3.71. The molecule has 0 unspecified atom stereocenters. The van der Waals surface area contributed by atoms with Crippen LogP contribution in [0.15, 0.2) is 84.0 Å². The van der Waals surface area contributed by atoms with Gasteiger partial charge in [0.1, 0.15) is 4.90 Å². The van der Waals surface area contributed by atoms with Crippen molar-refractivity contribution < 1.29 is 8.42 Å². The lowest BCUT2D eigenvalue weighted by Gasteiger charge is -2.13. The second kappa shape index (κ2) is 10.9. The number of nitrogens with zero attached hydrogens (tertiary/aromatic N) is 6. The molecule has 0 atom stereocenters. The van der Waals surface area contributed by atoms with Crippen molar-refractivity contribution in [3.8, 4) is 11.3 Å². The highest BCUT2D eigenvalue weighted by molar-refractivity contribution is 7.90. The van der Waals surface area contributed by atoms with Crippen LogP contribution in [0.3, 0.4) is 0 Å². The normalized spacial score (nSPS) is 14.4. The highest BCUT2D eigenvalue weighted by Crippen LogP contribution is 2.25. The summed E-state index contributed by atoms with van der Waals surface area (Å²) < 4.78 is 28.8. The molecule has 1 saturated heterocycles. The summed E-state index contributed by atoms with van der Waals surface area (Å²) in [6.45, 7) is 3.67. The van der Waals surface area contributed by atoms with Gasteiger partial charge in [-0.1, -0.05) is 54.1 Å². The molecule has 3 aromatic heterocycles. The van der Waals surface area contributed by atoms with E-state index in [2.05, 4.69) is 34.3 Å². The van der Waals surface area contributed by atoms with Gasteiger partial charge in [0.2, 0.25) is 0 Å². The lowest BCUT2D eigenvalue weighted by molar-refractivity contribution is 0.334. The summed E-state index contributed by atoms with van der Waals surface area (Å²) in [6.07, 6.45) is 8.53. The van der Waals surface area contributed by atoms with Crippen LogP contribution in [0, 0.1) is 0 Å². The van der Waals surface area contributed by atoms with Crippen LogP contribution in [-0.2, 0) is 22.9 Å². The van der Waals surface area contributed by atoms with Gasteiger partial charge in [-0.2, -0.15) is 22.7 Å². The van der Waals surface area contributed by atoms with E-state index in [0.29, 0.717) is 29.1 Å². The van der Waals surface area contributed by atoms with Gasteiger partial charge in [0.15, 0.2) is 11.5 Å². The summed E-state index contributed by atoms with van der Waals surface area (Å²) >= 11 is 6.14. The van der Waals surface area contributed by atoms with Crippen LogP contribution in [0.4, 0.5) is 0 Å². The van der Waals surface area contributed by atoms with Crippen LogP contribution in [0.1, 0.15) is 36.2 Å². The Hall–Kier alpha value is -3.53. The minimum Gasteiger partial charge on any atom is -0.303 e. The summed E-state index contributed by atoms with van der Waals surface area (Å²) in [5.74, 6) is 0.695. The SMILES string of the molecule is O=S(=O)(c1ccccc1Cl)n1cc(-c2cccc3nc(Cc4ccc(CCCN5CCCC5)cc4)nn23)cn1. The highest BCUT2D eigenvalue weighted by atomic mass is 35.5. The zero-order valence-electron chi connectivity index (χ0n) is 21.4. The zero-order chi connectivity index (χ0) is 26.8. The molecule has 0 saturated carbocycles. The van der Waals surface area contributed by atoms with Gasteiger partial charge >= 0.3 is 0 Å². The minimum absolute atomic E-state index is 0.000164. The number of hydrogen-bond donors (Lipinski definition) is 0.